The fourth-order valence-electron chi connectivity index (χ4n) is 1.44. The smallest absolute Gasteiger partial charge is 0.252 e. The molecule has 0 aliphatic rings. The molecule has 3 nitrogen and oxygen atoms in total. The third kappa shape index (κ3) is 2.18. The number of hydrogen-bond acceptors (Lipinski definition) is 2. The topological polar surface area (TPSA) is 58.9 Å². The lowest BCUT2D eigenvalue weighted by Crippen LogP contribution is -2.19. The summed E-state index contributed by atoms with van der Waals surface area (Å²) in [7, 11) is 0. The molecule has 1 aromatic rings. The van der Waals surface area contributed by atoms with Gasteiger partial charge in [0.1, 0.15) is 0 Å². The van der Waals surface area contributed by atoms with Crippen LogP contribution in [0.15, 0.2) is 10.9 Å². The van der Waals surface area contributed by atoms with E-state index in [0.29, 0.717) is 12.1 Å². The number of rotatable bonds is 3. The Kier molecular flexibility index (Phi) is 3.25. The van der Waals surface area contributed by atoms with Crippen molar-refractivity contribution in [1.29, 1.82) is 0 Å². The first-order valence-corrected chi connectivity index (χ1v) is 4.60. The largest absolute Gasteiger partial charge is 0.326 e. The van der Waals surface area contributed by atoms with Crippen LogP contribution in [-0.4, -0.2) is 4.98 Å². The molecule has 0 aliphatic heterocycles. The summed E-state index contributed by atoms with van der Waals surface area (Å²) in [6, 6.07) is 2.01. The summed E-state index contributed by atoms with van der Waals surface area (Å²) in [5, 5.41) is 0. The van der Waals surface area contributed by atoms with Gasteiger partial charge < -0.3 is 10.7 Å². The van der Waals surface area contributed by atoms with Crippen molar-refractivity contribution < 1.29 is 0 Å². The molecule has 13 heavy (non-hydrogen) atoms. The highest BCUT2D eigenvalue weighted by atomic mass is 16.1. The number of aromatic amines is 1. The maximum atomic E-state index is 11.4. The molecule has 0 saturated carbocycles. The fourth-order valence-corrected chi connectivity index (χ4v) is 1.44. The van der Waals surface area contributed by atoms with E-state index in [9.17, 15) is 4.79 Å². The lowest BCUT2D eigenvalue weighted by Gasteiger charge is -2.04. The zero-order chi connectivity index (χ0) is 9.84. The minimum atomic E-state index is -0.0362. The monoisotopic (exact) mass is 180 g/mol. The minimum Gasteiger partial charge on any atom is -0.326 e. The second-order valence-corrected chi connectivity index (χ2v) is 3.24. The molecule has 3 N–H and O–H groups in total. The molecule has 0 fully saturated rings. The van der Waals surface area contributed by atoms with Gasteiger partial charge in [-0.05, 0) is 25.0 Å². The fraction of sp³-hybridized carbons (Fsp3) is 0.500. The van der Waals surface area contributed by atoms with Crippen LogP contribution in [0.1, 0.15) is 30.2 Å². The van der Waals surface area contributed by atoms with Crippen LogP contribution in [0, 0.1) is 6.92 Å². The first-order valence-electron chi connectivity index (χ1n) is 4.60. The molecule has 0 aromatic carbocycles. The van der Waals surface area contributed by atoms with E-state index >= 15 is 0 Å². The van der Waals surface area contributed by atoms with Crippen molar-refractivity contribution in [1.82, 2.24) is 4.98 Å². The molecular formula is C10H16N2O. The second kappa shape index (κ2) is 4.23. The van der Waals surface area contributed by atoms with Crippen LogP contribution in [0.3, 0.4) is 0 Å². The molecule has 1 rings (SSSR count). The molecule has 0 bridgehead atoms. The predicted octanol–water partition coefficient (Wildman–Crippen LogP) is 1.09. The zero-order valence-electron chi connectivity index (χ0n) is 8.18. The molecule has 0 saturated heterocycles. The summed E-state index contributed by atoms with van der Waals surface area (Å²) in [5.41, 5.74) is 8.11. The molecule has 0 amide bonds. The van der Waals surface area contributed by atoms with Gasteiger partial charge >= 0.3 is 0 Å². The van der Waals surface area contributed by atoms with Gasteiger partial charge in [-0.2, -0.15) is 0 Å². The predicted molar refractivity (Wildman–Crippen MR) is 53.7 cm³/mol. The van der Waals surface area contributed by atoms with Crippen LogP contribution in [0.4, 0.5) is 0 Å². The molecule has 0 unspecified atom stereocenters. The number of nitrogens with one attached hydrogen (secondary N) is 1. The van der Waals surface area contributed by atoms with Crippen LogP contribution in [0.5, 0.6) is 0 Å². The van der Waals surface area contributed by atoms with Gasteiger partial charge in [0.15, 0.2) is 0 Å². The Balaban J connectivity index is 3.13. The Labute approximate surface area is 78.0 Å². The molecule has 0 aliphatic carbocycles. The first-order chi connectivity index (χ1) is 6.19. The summed E-state index contributed by atoms with van der Waals surface area (Å²) < 4.78 is 0. The van der Waals surface area contributed by atoms with E-state index < -0.39 is 0 Å². The van der Waals surface area contributed by atoms with Gasteiger partial charge in [0.2, 0.25) is 0 Å². The molecule has 1 heterocycles. The van der Waals surface area contributed by atoms with Crippen molar-refractivity contribution in [3.8, 4) is 0 Å². The Morgan fingerprint density at radius 2 is 2.23 bits per heavy atom. The second-order valence-electron chi connectivity index (χ2n) is 3.24. The van der Waals surface area contributed by atoms with Crippen LogP contribution < -0.4 is 11.3 Å². The summed E-state index contributed by atoms with van der Waals surface area (Å²) in [4.78, 5) is 14.3. The van der Waals surface area contributed by atoms with Crippen molar-refractivity contribution in [2.75, 3.05) is 0 Å². The van der Waals surface area contributed by atoms with Gasteiger partial charge in [0.05, 0.1) is 0 Å². The summed E-state index contributed by atoms with van der Waals surface area (Å²) in [5.74, 6) is 0. The third-order valence-corrected chi connectivity index (χ3v) is 2.14. The molecule has 72 valence electrons. The van der Waals surface area contributed by atoms with E-state index in [-0.39, 0.29) is 5.56 Å². The highest BCUT2D eigenvalue weighted by Crippen LogP contribution is 2.04. The summed E-state index contributed by atoms with van der Waals surface area (Å²) >= 11 is 0. The van der Waals surface area contributed by atoms with E-state index in [1.54, 1.807) is 0 Å². The maximum absolute atomic E-state index is 11.4. The Morgan fingerprint density at radius 1 is 1.54 bits per heavy atom. The number of aromatic nitrogens is 1. The van der Waals surface area contributed by atoms with E-state index in [4.69, 9.17) is 5.73 Å². The molecular weight excluding hydrogens is 164 g/mol. The molecule has 3 heteroatoms. The van der Waals surface area contributed by atoms with Crippen molar-refractivity contribution >= 4 is 0 Å². The van der Waals surface area contributed by atoms with Crippen LogP contribution in [0.2, 0.25) is 0 Å². The molecule has 1 aromatic heterocycles. The Morgan fingerprint density at radius 3 is 2.69 bits per heavy atom. The van der Waals surface area contributed by atoms with Gasteiger partial charge in [-0.1, -0.05) is 13.3 Å². The lowest BCUT2D eigenvalue weighted by atomic mass is 10.1. The molecule has 0 radical (unpaired) electrons. The van der Waals surface area contributed by atoms with Gasteiger partial charge in [0.25, 0.3) is 5.56 Å². The van der Waals surface area contributed by atoms with Crippen molar-refractivity contribution in [2.45, 2.75) is 33.2 Å². The van der Waals surface area contributed by atoms with Gasteiger partial charge in [0, 0.05) is 17.8 Å². The van der Waals surface area contributed by atoms with Crippen molar-refractivity contribution in [3.63, 3.8) is 0 Å². The quantitative estimate of drug-likeness (QED) is 0.731. The normalized spacial score (nSPS) is 10.4. The highest BCUT2D eigenvalue weighted by molar-refractivity contribution is 5.25. The average molecular weight is 180 g/mol. The lowest BCUT2D eigenvalue weighted by molar-refractivity contribution is 0.858. The van der Waals surface area contributed by atoms with Crippen molar-refractivity contribution in [3.05, 3.63) is 33.2 Å². The molecule has 0 atom stereocenters. The van der Waals surface area contributed by atoms with E-state index in [1.807, 2.05) is 13.0 Å². The zero-order valence-corrected chi connectivity index (χ0v) is 8.18. The maximum Gasteiger partial charge on any atom is 0.252 e. The van der Waals surface area contributed by atoms with Crippen LogP contribution in [0.25, 0.3) is 0 Å². The van der Waals surface area contributed by atoms with Crippen LogP contribution >= 0.6 is 0 Å². The highest BCUT2D eigenvalue weighted by Gasteiger charge is 2.03. The molecule has 0 spiro atoms. The van der Waals surface area contributed by atoms with E-state index in [0.717, 1.165) is 24.1 Å². The van der Waals surface area contributed by atoms with E-state index in [2.05, 4.69) is 11.9 Å². The Hall–Kier alpha value is -1.09. The van der Waals surface area contributed by atoms with Gasteiger partial charge in [-0.3, -0.25) is 4.79 Å². The SMILES string of the molecule is CCCc1cc(C)c(CN)c(=O)[nH]1. The average Bonchev–Trinajstić information content (AvgIpc) is 2.04. The third-order valence-electron chi connectivity index (χ3n) is 2.14. The summed E-state index contributed by atoms with van der Waals surface area (Å²) in [6.07, 6.45) is 1.96. The van der Waals surface area contributed by atoms with E-state index in [1.165, 1.54) is 0 Å². The Bertz CT molecular complexity index is 341. The number of H-pyrrole nitrogens is 1. The van der Waals surface area contributed by atoms with Gasteiger partial charge in [-0.25, -0.2) is 0 Å². The number of aryl methyl sites for hydroxylation is 2. The first kappa shape index (κ1) is 9.99. The van der Waals surface area contributed by atoms with Crippen molar-refractivity contribution in [2.24, 2.45) is 5.73 Å². The summed E-state index contributed by atoms with van der Waals surface area (Å²) in [6.45, 7) is 4.33. The standard InChI is InChI=1S/C10H16N2O/c1-3-4-8-5-7(2)9(6-11)10(13)12-8/h5H,3-4,6,11H2,1-2H3,(H,12,13). The van der Waals surface area contributed by atoms with Gasteiger partial charge in [-0.15, -0.1) is 0 Å². The minimum absolute atomic E-state index is 0.0362. The number of pyridine rings is 1. The number of hydrogen-bond donors (Lipinski definition) is 2. The van der Waals surface area contributed by atoms with Crippen LogP contribution in [-0.2, 0) is 13.0 Å². The number of nitrogens with two attached hydrogens (primary N) is 1.